The highest BCUT2D eigenvalue weighted by atomic mass is 16.2. The van der Waals surface area contributed by atoms with Crippen LogP contribution >= 0.6 is 0 Å². The molecule has 1 saturated heterocycles. The van der Waals surface area contributed by atoms with E-state index < -0.39 is 0 Å². The second-order valence-corrected chi connectivity index (χ2v) is 5.56. The number of rotatable bonds is 4. The number of carbonyl (C=O) groups excluding carboxylic acids is 1. The van der Waals surface area contributed by atoms with Crippen LogP contribution in [0.25, 0.3) is 0 Å². The average Bonchev–Trinajstić information content (AvgIpc) is 3.05. The molecule has 1 aliphatic heterocycles. The number of carbonyl (C=O) groups is 1. The van der Waals surface area contributed by atoms with Crippen molar-refractivity contribution in [3.05, 3.63) is 65.7 Å². The molecular weight excluding hydrogens is 274 g/mol. The number of benzene rings is 2. The second-order valence-electron chi connectivity index (χ2n) is 5.56. The lowest BCUT2D eigenvalue weighted by atomic mass is 9.94. The van der Waals surface area contributed by atoms with Crippen molar-refractivity contribution in [2.24, 2.45) is 5.92 Å². The predicted octanol–water partition coefficient (Wildman–Crippen LogP) is 2.65. The molecule has 22 heavy (non-hydrogen) atoms. The van der Waals surface area contributed by atoms with E-state index in [2.05, 4.69) is 29.2 Å². The third kappa shape index (κ3) is 3.18. The maximum absolute atomic E-state index is 12.6. The Hall–Kier alpha value is -2.17. The number of aryl methyl sites for hydroxylation is 1. The Balaban J connectivity index is 1.73. The minimum atomic E-state index is -0.132. The van der Waals surface area contributed by atoms with E-state index in [4.69, 9.17) is 0 Å². The minimum absolute atomic E-state index is 0.00411. The molecule has 1 heterocycles. The Morgan fingerprint density at radius 2 is 2.00 bits per heavy atom. The quantitative estimate of drug-likeness (QED) is 0.813. The third-order valence-corrected chi connectivity index (χ3v) is 4.08. The van der Waals surface area contributed by atoms with Crippen LogP contribution in [-0.4, -0.2) is 12.5 Å². The van der Waals surface area contributed by atoms with Gasteiger partial charge in [0.05, 0.1) is 12.0 Å². The molecule has 1 aliphatic rings. The Morgan fingerprint density at radius 1 is 1.18 bits per heavy atom. The topological polar surface area (TPSA) is 53.2 Å². The van der Waals surface area contributed by atoms with Gasteiger partial charge in [-0.2, -0.15) is 0 Å². The van der Waals surface area contributed by atoms with Gasteiger partial charge in [-0.05, 0) is 29.7 Å². The average molecular weight is 295 g/mol. The van der Waals surface area contributed by atoms with Gasteiger partial charge in [-0.1, -0.05) is 49.4 Å². The third-order valence-electron chi connectivity index (χ3n) is 4.08. The molecule has 0 saturated carbocycles. The van der Waals surface area contributed by atoms with Gasteiger partial charge in [0.2, 0.25) is 5.91 Å². The molecule has 4 nitrogen and oxygen atoms in total. The van der Waals surface area contributed by atoms with Gasteiger partial charge < -0.3 is 5.32 Å². The van der Waals surface area contributed by atoms with Gasteiger partial charge in [0.1, 0.15) is 0 Å². The molecule has 0 bridgehead atoms. The van der Waals surface area contributed by atoms with Crippen LogP contribution in [0.1, 0.15) is 24.1 Å². The molecule has 114 valence electrons. The fourth-order valence-corrected chi connectivity index (χ4v) is 2.82. The summed E-state index contributed by atoms with van der Waals surface area (Å²) >= 11 is 0. The fourth-order valence-electron chi connectivity index (χ4n) is 2.82. The van der Waals surface area contributed by atoms with Gasteiger partial charge in [-0.15, -0.1) is 0 Å². The first kappa shape index (κ1) is 14.8. The number of anilines is 1. The fraction of sp³-hybridized carbons (Fsp3) is 0.278. The molecule has 0 spiro atoms. The molecule has 1 fully saturated rings. The van der Waals surface area contributed by atoms with Crippen molar-refractivity contribution < 1.29 is 4.79 Å². The van der Waals surface area contributed by atoms with Gasteiger partial charge in [0.15, 0.2) is 0 Å². The van der Waals surface area contributed by atoms with Crippen LogP contribution < -0.4 is 16.2 Å². The first-order valence-electron chi connectivity index (χ1n) is 7.71. The van der Waals surface area contributed by atoms with Crippen LogP contribution in [0.15, 0.2) is 54.6 Å². The summed E-state index contributed by atoms with van der Waals surface area (Å²) in [5.41, 5.74) is 9.51. The van der Waals surface area contributed by atoms with E-state index in [1.165, 1.54) is 5.56 Å². The summed E-state index contributed by atoms with van der Waals surface area (Å²) in [6, 6.07) is 18.1. The highest BCUT2D eigenvalue weighted by molar-refractivity contribution is 5.93. The Kier molecular flexibility index (Phi) is 4.51. The van der Waals surface area contributed by atoms with Crippen LogP contribution in [0, 0.1) is 5.92 Å². The van der Waals surface area contributed by atoms with Crippen molar-refractivity contribution in [2.75, 3.05) is 11.9 Å². The smallest absolute Gasteiger partial charge is 0.230 e. The summed E-state index contributed by atoms with van der Waals surface area (Å²) in [6.45, 7) is 2.73. The van der Waals surface area contributed by atoms with Gasteiger partial charge >= 0.3 is 0 Å². The lowest BCUT2D eigenvalue weighted by Crippen LogP contribution is -2.29. The van der Waals surface area contributed by atoms with Crippen molar-refractivity contribution in [1.82, 2.24) is 10.9 Å². The standard InChI is InChI=1S/C18H21N3O/c1-2-13-7-6-10-15(11-13)20-18(22)16-12-19-21-17(16)14-8-4-3-5-9-14/h3-11,16-17,19,21H,2,12H2,1H3,(H,20,22). The zero-order valence-corrected chi connectivity index (χ0v) is 12.7. The summed E-state index contributed by atoms with van der Waals surface area (Å²) in [5.74, 6) is -0.0905. The molecule has 0 radical (unpaired) electrons. The van der Waals surface area contributed by atoms with E-state index in [1.54, 1.807) is 0 Å². The predicted molar refractivity (Wildman–Crippen MR) is 88.3 cm³/mol. The number of nitrogens with one attached hydrogen (secondary N) is 3. The van der Waals surface area contributed by atoms with E-state index in [9.17, 15) is 4.79 Å². The molecule has 3 rings (SSSR count). The van der Waals surface area contributed by atoms with Crippen LogP contribution in [0.4, 0.5) is 5.69 Å². The molecule has 0 aromatic heterocycles. The lowest BCUT2D eigenvalue weighted by molar-refractivity contribution is -0.119. The van der Waals surface area contributed by atoms with E-state index in [1.807, 2.05) is 48.5 Å². The van der Waals surface area contributed by atoms with Crippen molar-refractivity contribution >= 4 is 11.6 Å². The number of hydrogen-bond donors (Lipinski definition) is 3. The molecule has 4 heteroatoms. The normalized spacial score (nSPS) is 20.8. The molecule has 1 amide bonds. The van der Waals surface area contributed by atoms with Gasteiger partial charge in [-0.25, -0.2) is 5.43 Å². The first-order valence-corrected chi connectivity index (χ1v) is 7.71. The first-order chi connectivity index (χ1) is 10.8. The maximum atomic E-state index is 12.6. The molecule has 2 unspecified atom stereocenters. The minimum Gasteiger partial charge on any atom is -0.326 e. The molecular formula is C18H21N3O. The number of hydrogen-bond acceptors (Lipinski definition) is 3. The van der Waals surface area contributed by atoms with Crippen LogP contribution in [0.2, 0.25) is 0 Å². The van der Waals surface area contributed by atoms with E-state index >= 15 is 0 Å². The Morgan fingerprint density at radius 3 is 2.77 bits per heavy atom. The molecule has 2 atom stereocenters. The Bertz CT molecular complexity index is 642. The molecule has 2 aromatic rings. The van der Waals surface area contributed by atoms with Crippen LogP contribution in [-0.2, 0) is 11.2 Å². The molecule has 3 N–H and O–H groups in total. The Labute approximate surface area is 130 Å². The summed E-state index contributed by atoms with van der Waals surface area (Å²) in [7, 11) is 0. The van der Waals surface area contributed by atoms with Crippen molar-refractivity contribution in [2.45, 2.75) is 19.4 Å². The molecule has 2 aromatic carbocycles. The summed E-state index contributed by atoms with van der Waals surface area (Å²) in [5, 5.41) is 3.04. The van der Waals surface area contributed by atoms with Crippen molar-refractivity contribution in [3.63, 3.8) is 0 Å². The SMILES string of the molecule is CCc1cccc(NC(=O)C2CNNC2c2ccccc2)c1. The van der Waals surface area contributed by atoms with Gasteiger partial charge in [0, 0.05) is 12.2 Å². The van der Waals surface area contributed by atoms with Gasteiger partial charge in [-0.3, -0.25) is 10.2 Å². The van der Waals surface area contributed by atoms with Crippen LogP contribution in [0.3, 0.4) is 0 Å². The van der Waals surface area contributed by atoms with Crippen molar-refractivity contribution in [1.29, 1.82) is 0 Å². The highest BCUT2D eigenvalue weighted by Gasteiger charge is 2.33. The van der Waals surface area contributed by atoms with E-state index in [0.717, 1.165) is 17.7 Å². The summed E-state index contributed by atoms with van der Waals surface area (Å²) in [4.78, 5) is 12.6. The summed E-state index contributed by atoms with van der Waals surface area (Å²) < 4.78 is 0. The van der Waals surface area contributed by atoms with Crippen LogP contribution in [0.5, 0.6) is 0 Å². The maximum Gasteiger partial charge on any atom is 0.230 e. The highest BCUT2D eigenvalue weighted by Crippen LogP contribution is 2.26. The lowest BCUT2D eigenvalue weighted by Gasteiger charge is -2.18. The largest absolute Gasteiger partial charge is 0.326 e. The molecule has 0 aliphatic carbocycles. The number of amides is 1. The number of hydrazine groups is 1. The second kappa shape index (κ2) is 6.73. The van der Waals surface area contributed by atoms with E-state index in [0.29, 0.717) is 6.54 Å². The van der Waals surface area contributed by atoms with Gasteiger partial charge in [0.25, 0.3) is 0 Å². The van der Waals surface area contributed by atoms with Crippen molar-refractivity contribution in [3.8, 4) is 0 Å². The van der Waals surface area contributed by atoms with E-state index in [-0.39, 0.29) is 17.9 Å². The monoisotopic (exact) mass is 295 g/mol. The zero-order valence-electron chi connectivity index (χ0n) is 12.7. The summed E-state index contributed by atoms with van der Waals surface area (Å²) in [6.07, 6.45) is 0.961. The zero-order chi connectivity index (χ0) is 15.4.